The van der Waals surface area contributed by atoms with E-state index in [0.29, 0.717) is 18.7 Å². The van der Waals surface area contributed by atoms with Crippen molar-refractivity contribution in [1.29, 1.82) is 0 Å². The number of alkyl halides is 3. The molecule has 4 nitrogen and oxygen atoms in total. The minimum atomic E-state index is -4.39. The Balaban J connectivity index is 2.91. The zero-order valence-corrected chi connectivity index (χ0v) is 13.0. The van der Waals surface area contributed by atoms with Crippen LogP contribution in [0.15, 0.2) is 24.3 Å². The molecule has 0 aliphatic heterocycles. The minimum Gasteiger partial charge on any atom is -0.336 e. The summed E-state index contributed by atoms with van der Waals surface area (Å²) in [6.07, 6.45) is -4.39. The van der Waals surface area contributed by atoms with Gasteiger partial charge >= 0.3 is 6.18 Å². The Morgan fingerprint density at radius 1 is 1.27 bits per heavy atom. The summed E-state index contributed by atoms with van der Waals surface area (Å²) in [5, 5.41) is 0. The van der Waals surface area contributed by atoms with Crippen LogP contribution in [0.25, 0.3) is 0 Å². The first-order valence-corrected chi connectivity index (χ1v) is 6.96. The van der Waals surface area contributed by atoms with E-state index in [1.807, 2.05) is 19.0 Å². The number of benzene rings is 1. The zero-order valence-electron chi connectivity index (χ0n) is 13.0. The summed E-state index contributed by atoms with van der Waals surface area (Å²) in [6, 6.07) is 4.32. The standard InChI is InChI=1S/C15H22F3N3O/c1-11(19)14(22)21(8-7-20(2)3)10-12-5-4-6-13(9-12)15(16,17)18/h4-6,9,11H,7-8,10,19H2,1-3H3. The van der Waals surface area contributed by atoms with Crippen LogP contribution >= 0.6 is 0 Å². The normalized spacial score (nSPS) is 13.3. The fourth-order valence-electron chi connectivity index (χ4n) is 1.94. The molecule has 7 heteroatoms. The molecule has 1 unspecified atom stereocenters. The number of hydrogen-bond donors (Lipinski definition) is 1. The van der Waals surface area contributed by atoms with Crippen molar-refractivity contribution in [1.82, 2.24) is 9.80 Å². The largest absolute Gasteiger partial charge is 0.416 e. The van der Waals surface area contributed by atoms with E-state index in [1.165, 1.54) is 11.0 Å². The maximum Gasteiger partial charge on any atom is 0.416 e. The van der Waals surface area contributed by atoms with Crippen molar-refractivity contribution >= 4 is 5.91 Å². The highest BCUT2D eigenvalue weighted by atomic mass is 19.4. The van der Waals surface area contributed by atoms with Gasteiger partial charge in [-0.05, 0) is 38.7 Å². The zero-order chi connectivity index (χ0) is 16.9. The molecule has 0 radical (unpaired) electrons. The fourth-order valence-corrected chi connectivity index (χ4v) is 1.94. The third kappa shape index (κ3) is 5.65. The molecule has 0 fully saturated rings. The van der Waals surface area contributed by atoms with Gasteiger partial charge in [-0.15, -0.1) is 0 Å². The lowest BCUT2D eigenvalue weighted by atomic mass is 10.1. The molecule has 2 N–H and O–H groups in total. The van der Waals surface area contributed by atoms with Crippen LogP contribution in [0.4, 0.5) is 13.2 Å². The van der Waals surface area contributed by atoms with Gasteiger partial charge in [0.25, 0.3) is 0 Å². The van der Waals surface area contributed by atoms with Gasteiger partial charge in [-0.2, -0.15) is 13.2 Å². The SMILES string of the molecule is CC(N)C(=O)N(CCN(C)C)Cc1cccc(C(F)(F)F)c1. The number of likely N-dealkylation sites (N-methyl/N-ethyl adjacent to an activating group) is 1. The molecule has 0 aliphatic rings. The van der Waals surface area contributed by atoms with E-state index in [9.17, 15) is 18.0 Å². The molecule has 1 rings (SSSR count). The van der Waals surface area contributed by atoms with Crippen LogP contribution in [0.1, 0.15) is 18.1 Å². The Bertz CT molecular complexity index is 501. The highest BCUT2D eigenvalue weighted by Crippen LogP contribution is 2.29. The topological polar surface area (TPSA) is 49.6 Å². The van der Waals surface area contributed by atoms with Crippen molar-refractivity contribution in [3.05, 3.63) is 35.4 Å². The second kappa shape index (κ2) is 7.60. The summed E-state index contributed by atoms with van der Waals surface area (Å²) < 4.78 is 38.2. The molecule has 1 amide bonds. The van der Waals surface area contributed by atoms with E-state index in [2.05, 4.69) is 0 Å². The smallest absolute Gasteiger partial charge is 0.336 e. The molecule has 0 saturated carbocycles. The Kier molecular flexibility index (Phi) is 6.37. The van der Waals surface area contributed by atoms with Gasteiger partial charge < -0.3 is 15.5 Å². The first kappa shape index (κ1) is 18.4. The average molecular weight is 317 g/mol. The number of nitrogens with zero attached hydrogens (tertiary/aromatic N) is 2. The van der Waals surface area contributed by atoms with Gasteiger partial charge in [-0.25, -0.2) is 0 Å². The molecule has 1 aromatic carbocycles. The number of amides is 1. The number of carbonyl (C=O) groups excluding carboxylic acids is 1. The van der Waals surface area contributed by atoms with Crippen molar-refractivity contribution < 1.29 is 18.0 Å². The highest BCUT2D eigenvalue weighted by Gasteiger charge is 2.30. The quantitative estimate of drug-likeness (QED) is 0.872. The monoisotopic (exact) mass is 317 g/mol. The number of carbonyl (C=O) groups is 1. The predicted molar refractivity (Wildman–Crippen MR) is 79.1 cm³/mol. The van der Waals surface area contributed by atoms with Crippen molar-refractivity contribution in [2.75, 3.05) is 27.2 Å². The van der Waals surface area contributed by atoms with E-state index >= 15 is 0 Å². The molecule has 0 spiro atoms. The van der Waals surface area contributed by atoms with Gasteiger partial charge in [0.15, 0.2) is 0 Å². The highest BCUT2D eigenvalue weighted by molar-refractivity contribution is 5.81. The first-order chi connectivity index (χ1) is 10.1. The molecule has 1 atom stereocenters. The van der Waals surface area contributed by atoms with Crippen LogP contribution in [0, 0.1) is 0 Å². The maximum absolute atomic E-state index is 12.7. The Labute approximate surface area is 128 Å². The van der Waals surface area contributed by atoms with Crippen LogP contribution in [-0.2, 0) is 17.5 Å². The molecule has 1 aromatic rings. The van der Waals surface area contributed by atoms with Gasteiger partial charge in [0.2, 0.25) is 5.91 Å². The molecule has 0 aliphatic carbocycles. The first-order valence-electron chi connectivity index (χ1n) is 6.96. The van der Waals surface area contributed by atoms with E-state index < -0.39 is 17.8 Å². The molecule has 0 heterocycles. The molecular formula is C15H22F3N3O. The molecule has 0 bridgehead atoms. The minimum absolute atomic E-state index is 0.109. The lowest BCUT2D eigenvalue weighted by Crippen LogP contribution is -2.44. The molecule has 0 aromatic heterocycles. The summed E-state index contributed by atoms with van der Waals surface area (Å²) >= 11 is 0. The second-order valence-corrected chi connectivity index (χ2v) is 5.55. The van der Waals surface area contributed by atoms with E-state index in [4.69, 9.17) is 5.73 Å². The summed E-state index contributed by atoms with van der Waals surface area (Å²) in [4.78, 5) is 15.5. The number of nitrogens with two attached hydrogens (primary N) is 1. The Hall–Kier alpha value is -1.60. The maximum atomic E-state index is 12.7. The van der Waals surface area contributed by atoms with Gasteiger partial charge in [0.1, 0.15) is 0 Å². The number of halogens is 3. The molecular weight excluding hydrogens is 295 g/mol. The van der Waals surface area contributed by atoms with Gasteiger partial charge in [-0.1, -0.05) is 12.1 Å². The molecule has 0 saturated heterocycles. The van der Waals surface area contributed by atoms with Crippen LogP contribution < -0.4 is 5.73 Å². The van der Waals surface area contributed by atoms with E-state index in [-0.39, 0.29) is 12.5 Å². The fraction of sp³-hybridized carbons (Fsp3) is 0.533. The lowest BCUT2D eigenvalue weighted by Gasteiger charge is -2.26. The van der Waals surface area contributed by atoms with Crippen LogP contribution in [0.2, 0.25) is 0 Å². The Morgan fingerprint density at radius 3 is 2.41 bits per heavy atom. The second-order valence-electron chi connectivity index (χ2n) is 5.55. The van der Waals surface area contributed by atoms with Crippen molar-refractivity contribution in [3.63, 3.8) is 0 Å². The summed E-state index contributed by atoms with van der Waals surface area (Å²) in [5.41, 5.74) is 5.33. The Morgan fingerprint density at radius 2 is 1.91 bits per heavy atom. The number of rotatable bonds is 6. The summed E-state index contributed by atoms with van der Waals surface area (Å²) in [7, 11) is 3.72. The van der Waals surface area contributed by atoms with Crippen molar-refractivity contribution in [2.45, 2.75) is 25.7 Å². The van der Waals surface area contributed by atoms with Crippen molar-refractivity contribution in [3.8, 4) is 0 Å². The lowest BCUT2D eigenvalue weighted by molar-refractivity contribution is -0.137. The third-order valence-electron chi connectivity index (χ3n) is 3.15. The van der Waals surface area contributed by atoms with Crippen LogP contribution in [-0.4, -0.2) is 48.9 Å². The molecule has 22 heavy (non-hydrogen) atoms. The molecule has 124 valence electrons. The van der Waals surface area contributed by atoms with Crippen LogP contribution in [0.5, 0.6) is 0 Å². The van der Waals surface area contributed by atoms with Gasteiger partial charge in [0, 0.05) is 19.6 Å². The number of hydrogen-bond acceptors (Lipinski definition) is 3. The average Bonchev–Trinajstić information content (AvgIpc) is 2.41. The summed E-state index contributed by atoms with van der Waals surface area (Å²) in [6.45, 7) is 2.69. The van der Waals surface area contributed by atoms with Gasteiger partial charge in [-0.3, -0.25) is 4.79 Å². The van der Waals surface area contributed by atoms with Crippen LogP contribution in [0.3, 0.4) is 0 Å². The predicted octanol–water partition coefficient (Wildman–Crippen LogP) is 1.94. The summed E-state index contributed by atoms with van der Waals surface area (Å²) in [5.74, 6) is -0.278. The van der Waals surface area contributed by atoms with Crippen molar-refractivity contribution in [2.24, 2.45) is 5.73 Å². The third-order valence-corrected chi connectivity index (χ3v) is 3.15. The van der Waals surface area contributed by atoms with E-state index in [0.717, 1.165) is 12.1 Å². The van der Waals surface area contributed by atoms with Gasteiger partial charge in [0.05, 0.1) is 11.6 Å². The van der Waals surface area contributed by atoms with E-state index in [1.54, 1.807) is 13.0 Å².